The minimum atomic E-state index is 0.631. The third kappa shape index (κ3) is 4.77. The molecule has 0 amide bonds. The van der Waals surface area contributed by atoms with Crippen LogP contribution in [-0.2, 0) is 0 Å². The molecule has 0 saturated heterocycles. The van der Waals surface area contributed by atoms with E-state index in [0.717, 1.165) is 72.3 Å². The fraction of sp³-hybridized carbons (Fsp3) is 0. The van der Waals surface area contributed by atoms with Gasteiger partial charge >= 0.3 is 0 Å². The minimum Gasteiger partial charge on any atom is -0.309 e. The predicted molar refractivity (Wildman–Crippen MR) is 215 cm³/mol. The van der Waals surface area contributed by atoms with Crippen LogP contribution in [0, 0.1) is 0 Å². The van der Waals surface area contributed by atoms with Crippen LogP contribution < -0.4 is 0 Å². The Morgan fingerprint density at radius 1 is 0.327 bits per heavy atom. The molecule has 3 aromatic heterocycles. The van der Waals surface area contributed by atoms with Crippen molar-refractivity contribution in [2.75, 3.05) is 0 Å². The highest BCUT2D eigenvalue weighted by Gasteiger charge is 2.29. The number of fused-ring (bicyclic) bond motifs is 3. The molecule has 244 valence electrons. The van der Waals surface area contributed by atoms with Gasteiger partial charge in [0.1, 0.15) is 0 Å². The second-order valence-corrected chi connectivity index (χ2v) is 13.0. The number of nitrogens with zero attached hydrogens (tertiary/aromatic N) is 4. The van der Waals surface area contributed by atoms with E-state index >= 15 is 0 Å². The maximum atomic E-state index is 5.43. The largest absolute Gasteiger partial charge is 0.309 e. The summed E-state index contributed by atoms with van der Waals surface area (Å²) in [5.74, 6) is 0.631. The van der Waals surface area contributed by atoms with Gasteiger partial charge in [0.05, 0.1) is 33.6 Å². The fourth-order valence-electron chi connectivity index (χ4n) is 7.76. The summed E-state index contributed by atoms with van der Waals surface area (Å²) in [4.78, 5) is 10.7. The lowest BCUT2D eigenvalue weighted by molar-refractivity contribution is 0.991. The number of hydrogen-bond donors (Lipinski definition) is 0. The molecule has 0 atom stereocenters. The monoisotopic (exact) mass is 664 g/mol. The smallest absolute Gasteiger partial charge is 0.235 e. The summed E-state index contributed by atoms with van der Waals surface area (Å²) in [7, 11) is 0. The van der Waals surface area contributed by atoms with Crippen molar-refractivity contribution in [2.24, 2.45) is 0 Å². The zero-order valence-electron chi connectivity index (χ0n) is 28.3. The van der Waals surface area contributed by atoms with Crippen LogP contribution in [0.3, 0.4) is 0 Å². The normalized spacial score (nSPS) is 11.5. The lowest BCUT2D eigenvalue weighted by Crippen LogP contribution is -2.05. The Bertz CT molecular complexity index is 2870. The molecule has 4 heteroatoms. The Hall–Kier alpha value is -7.04. The first-order valence-electron chi connectivity index (χ1n) is 17.6. The van der Waals surface area contributed by atoms with Crippen molar-refractivity contribution in [1.29, 1.82) is 0 Å². The van der Waals surface area contributed by atoms with Crippen molar-refractivity contribution in [1.82, 2.24) is 19.1 Å². The molecule has 0 aliphatic carbocycles. The van der Waals surface area contributed by atoms with E-state index in [-0.39, 0.29) is 0 Å². The van der Waals surface area contributed by atoms with Crippen molar-refractivity contribution in [3.63, 3.8) is 0 Å². The average Bonchev–Trinajstić information content (AvgIpc) is 3.75. The van der Waals surface area contributed by atoms with Crippen molar-refractivity contribution in [3.05, 3.63) is 194 Å². The second-order valence-electron chi connectivity index (χ2n) is 13.0. The van der Waals surface area contributed by atoms with E-state index in [9.17, 15) is 0 Å². The summed E-state index contributed by atoms with van der Waals surface area (Å²) in [6.07, 6.45) is 0. The molecular formula is C48H32N4. The molecule has 0 bridgehead atoms. The summed E-state index contributed by atoms with van der Waals surface area (Å²) in [6.45, 7) is 0. The lowest BCUT2D eigenvalue weighted by Gasteiger charge is -2.16. The first-order chi connectivity index (χ1) is 25.8. The highest BCUT2D eigenvalue weighted by molar-refractivity contribution is 6.16. The first-order valence-corrected chi connectivity index (χ1v) is 17.6. The Kier molecular flexibility index (Phi) is 7.10. The Morgan fingerprint density at radius 2 is 0.750 bits per heavy atom. The van der Waals surface area contributed by atoms with Gasteiger partial charge in [-0.05, 0) is 41.5 Å². The third-order valence-corrected chi connectivity index (χ3v) is 9.95. The van der Waals surface area contributed by atoms with Crippen LogP contribution in [0.1, 0.15) is 0 Å². The van der Waals surface area contributed by atoms with Gasteiger partial charge in [-0.2, -0.15) is 0 Å². The number of aromatic nitrogens is 4. The van der Waals surface area contributed by atoms with Crippen LogP contribution in [-0.4, -0.2) is 19.1 Å². The number of hydrogen-bond acceptors (Lipinski definition) is 2. The van der Waals surface area contributed by atoms with E-state index in [2.05, 4.69) is 197 Å². The van der Waals surface area contributed by atoms with E-state index in [4.69, 9.17) is 9.97 Å². The van der Waals surface area contributed by atoms with Crippen LogP contribution in [0.4, 0.5) is 0 Å². The maximum Gasteiger partial charge on any atom is 0.235 e. The van der Waals surface area contributed by atoms with E-state index in [1.165, 1.54) is 10.9 Å². The molecule has 7 aromatic carbocycles. The summed E-state index contributed by atoms with van der Waals surface area (Å²) in [5.41, 5.74) is 12.9. The van der Waals surface area contributed by atoms with Gasteiger partial charge in [0.2, 0.25) is 5.95 Å². The Labute approximate surface area is 301 Å². The highest BCUT2D eigenvalue weighted by atomic mass is 15.2. The molecule has 10 aromatic rings. The molecule has 0 spiro atoms. The Balaban J connectivity index is 1.40. The van der Waals surface area contributed by atoms with Crippen molar-refractivity contribution < 1.29 is 0 Å². The molecule has 0 fully saturated rings. The van der Waals surface area contributed by atoms with Crippen LogP contribution in [0.15, 0.2) is 194 Å². The number of rotatable bonds is 6. The molecule has 52 heavy (non-hydrogen) atoms. The topological polar surface area (TPSA) is 35.6 Å². The number of benzene rings is 7. The van der Waals surface area contributed by atoms with Crippen LogP contribution in [0.25, 0.3) is 89.2 Å². The van der Waals surface area contributed by atoms with E-state index < -0.39 is 0 Å². The van der Waals surface area contributed by atoms with Gasteiger partial charge in [-0.15, -0.1) is 0 Å². The van der Waals surface area contributed by atoms with E-state index in [1.807, 2.05) is 6.07 Å². The van der Waals surface area contributed by atoms with Crippen molar-refractivity contribution >= 4 is 32.7 Å². The summed E-state index contributed by atoms with van der Waals surface area (Å²) in [6, 6.07) is 68.4. The standard InChI is InChI=1S/C48H32N4/c1-5-19-33(20-6-1)45-37-27-13-16-30-40(37)49-48(50-45)52-42-32-18-15-29-39(42)44(47(52)35-23-9-3-10-24-35)43-38-28-14-17-31-41(38)51(36-25-11-4-12-26-36)46(43)34-21-7-2-8-22-34/h1-32H. The molecule has 10 rings (SSSR count). The van der Waals surface area contributed by atoms with Gasteiger partial charge in [0, 0.05) is 38.5 Å². The summed E-state index contributed by atoms with van der Waals surface area (Å²) < 4.78 is 4.70. The fourth-order valence-corrected chi connectivity index (χ4v) is 7.76. The number of para-hydroxylation sites is 4. The SMILES string of the molecule is c1ccc(-c2nc(-n3c(-c4ccccc4)c(-c4c(-c5ccccc5)n(-c5ccccc5)c5ccccc45)c4ccccc43)nc3ccccc23)cc1. The molecule has 0 radical (unpaired) electrons. The quantitative estimate of drug-likeness (QED) is 0.177. The molecule has 0 aliphatic rings. The van der Waals surface area contributed by atoms with Gasteiger partial charge in [0.25, 0.3) is 0 Å². The lowest BCUT2D eigenvalue weighted by atomic mass is 9.93. The second kappa shape index (κ2) is 12.4. The van der Waals surface area contributed by atoms with Crippen LogP contribution in [0.2, 0.25) is 0 Å². The van der Waals surface area contributed by atoms with Crippen LogP contribution >= 0.6 is 0 Å². The first kappa shape index (κ1) is 29.8. The molecule has 4 nitrogen and oxygen atoms in total. The predicted octanol–water partition coefficient (Wildman–Crippen LogP) is 12.2. The van der Waals surface area contributed by atoms with Gasteiger partial charge in [-0.3, -0.25) is 4.57 Å². The molecular weight excluding hydrogens is 633 g/mol. The van der Waals surface area contributed by atoms with Gasteiger partial charge < -0.3 is 4.57 Å². The van der Waals surface area contributed by atoms with E-state index in [1.54, 1.807) is 0 Å². The Morgan fingerprint density at radius 3 is 1.33 bits per heavy atom. The van der Waals surface area contributed by atoms with Gasteiger partial charge in [0.15, 0.2) is 0 Å². The third-order valence-electron chi connectivity index (χ3n) is 9.95. The van der Waals surface area contributed by atoms with Gasteiger partial charge in [-0.25, -0.2) is 9.97 Å². The van der Waals surface area contributed by atoms with Crippen molar-refractivity contribution in [3.8, 4) is 56.5 Å². The molecule has 0 aliphatic heterocycles. The van der Waals surface area contributed by atoms with Crippen molar-refractivity contribution in [2.45, 2.75) is 0 Å². The minimum absolute atomic E-state index is 0.631. The summed E-state index contributed by atoms with van der Waals surface area (Å²) in [5, 5.41) is 3.33. The molecule has 3 heterocycles. The molecule has 0 saturated carbocycles. The van der Waals surface area contributed by atoms with Gasteiger partial charge in [-0.1, -0.05) is 164 Å². The average molecular weight is 665 g/mol. The highest BCUT2D eigenvalue weighted by Crippen LogP contribution is 2.50. The molecule has 0 N–H and O–H groups in total. The molecule has 0 unspecified atom stereocenters. The zero-order chi connectivity index (χ0) is 34.4. The van der Waals surface area contributed by atoms with E-state index in [0.29, 0.717) is 5.95 Å². The maximum absolute atomic E-state index is 5.43. The zero-order valence-corrected chi connectivity index (χ0v) is 28.3. The summed E-state index contributed by atoms with van der Waals surface area (Å²) >= 11 is 0. The van der Waals surface area contributed by atoms with Crippen LogP contribution in [0.5, 0.6) is 0 Å².